The number of hydrogen-bond acceptors (Lipinski definition) is 0. The Balaban J connectivity index is 4.82. The standard InChI is InChI=1S/3C4H9.2C2H5.Al.Sn/c3*1-3-4-2;2*1-2;;/h3*1,3-4H2,2H3;2*1H2,2H3;;. The van der Waals surface area contributed by atoms with Crippen molar-refractivity contribution >= 4 is 26.9 Å². The molecule has 0 aromatic rings. The van der Waals surface area contributed by atoms with Crippen molar-refractivity contribution in [3.8, 4) is 0 Å². The summed E-state index contributed by atoms with van der Waals surface area (Å²) in [7, 11) is -0.328. The molecule has 0 spiro atoms. The molecule has 0 heterocycles. The Morgan fingerprint density at radius 3 is 1.17 bits per heavy atom. The zero-order chi connectivity index (χ0) is 13.9. The van der Waals surface area contributed by atoms with Gasteiger partial charge in [0, 0.05) is 0 Å². The maximum atomic E-state index is 2.52. The molecule has 0 aliphatic carbocycles. The summed E-state index contributed by atoms with van der Waals surface area (Å²) in [5.41, 5.74) is 0. The van der Waals surface area contributed by atoms with Gasteiger partial charge in [-0.2, -0.15) is 0 Å². The number of rotatable bonds is 12. The maximum absolute atomic E-state index is 2.52. The fraction of sp³-hybridized carbons (Fsp3) is 1.00. The average Bonchev–Trinajstić information content (AvgIpc) is 2.41. The van der Waals surface area contributed by atoms with Gasteiger partial charge in [0.2, 0.25) is 0 Å². The fourth-order valence-corrected chi connectivity index (χ4v) is 47.9. The van der Waals surface area contributed by atoms with Crippen LogP contribution in [0.15, 0.2) is 0 Å². The minimum atomic E-state index is -1.70. The van der Waals surface area contributed by atoms with Crippen molar-refractivity contribution in [1.82, 2.24) is 0 Å². The first-order valence-electron chi connectivity index (χ1n) is 8.70. The average molecular weight is 375 g/mol. The molecule has 0 rings (SSSR count). The molecule has 2 heteroatoms. The van der Waals surface area contributed by atoms with Gasteiger partial charge in [-0.25, -0.2) is 0 Å². The van der Waals surface area contributed by atoms with E-state index in [1.807, 2.05) is 0 Å². The predicted molar refractivity (Wildman–Crippen MR) is 91.6 cm³/mol. The van der Waals surface area contributed by atoms with E-state index in [0.717, 1.165) is 0 Å². The van der Waals surface area contributed by atoms with Crippen LogP contribution >= 0.6 is 0 Å². The van der Waals surface area contributed by atoms with E-state index in [4.69, 9.17) is 0 Å². The van der Waals surface area contributed by atoms with E-state index in [9.17, 15) is 0 Å². The third-order valence-corrected chi connectivity index (χ3v) is 47.8. The Labute approximate surface area is 123 Å². The molecule has 108 valence electrons. The van der Waals surface area contributed by atoms with Crippen LogP contribution in [0.25, 0.3) is 0 Å². The van der Waals surface area contributed by atoms with Gasteiger partial charge in [0.05, 0.1) is 0 Å². The van der Waals surface area contributed by atoms with E-state index in [1.165, 1.54) is 19.3 Å². The summed E-state index contributed by atoms with van der Waals surface area (Å²) in [6.45, 7) is 12.2. The Bertz CT molecular complexity index is 156. The Morgan fingerprint density at radius 2 is 0.944 bits per heavy atom. The van der Waals surface area contributed by atoms with Crippen LogP contribution in [-0.4, -0.2) is 26.9 Å². The van der Waals surface area contributed by atoms with Crippen LogP contribution < -0.4 is 0 Å². The predicted octanol–water partition coefficient (Wildman–Crippen LogP) is 6.45. The summed E-state index contributed by atoms with van der Waals surface area (Å²) in [5.74, 6) is 0. The van der Waals surface area contributed by atoms with Crippen LogP contribution in [0.4, 0.5) is 0 Å². The second kappa shape index (κ2) is 12.1. The zero-order valence-electron chi connectivity index (χ0n) is 13.9. The monoisotopic (exact) mass is 376 g/mol. The summed E-state index contributed by atoms with van der Waals surface area (Å²) in [6, 6.07) is 0. The number of unbranched alkanes of at least 4 members (excludes halogenated alkanes) is 3. The summed E-state index contributed by atoms with van der Waals surface area (Å²) in [5, 5.41) is 3.23. The van der Waals surface area contributed by atoms with Gasteiger partial charge in [0.1, 0.15) is 0 Å². The van der Waals surface area contributed by atoms with E-state index in [-0.39, 0.29) is 10.9 Å². The molecule has 18 heavy (non-hydrogen) atoms. The summed E-state index contributed by atoms with van der Waals surface area (Å²) < 4.78 is 5.26. The molecular formula is C16H37AlSn. The van der Waals surface area contributed by atoms with E-state index in [0.29, 0.717) is 0 Å². The molecule has 0 aliphatic rings. The third kappa shape index (κ3) is 6.67. The van der Waals surface area contributed by atoms with Gasteiger partial charge in [-0.1, -0.05) is 0 Å². The third-order valence-electron chi connectivity index (χ3n) is 4.94. The van der Waals surface area contributed by atoms with Crippen LogP contribution in [0.5, 0.6) is 0 Å². The first kappa shape index (κ1) is 19.3. The van der Waals surface area contributed by atoms with Crippen molar-refractivity contribution in [3.05, 3.63) is 0 Å². The van der Waals surface area contributed by atoms with Gasteiger partial charge in [-0.3, -0.25) is 0 Å². The molecule has 0 fully saturated rings. The number of hydrogen-bond donors (Lipinski definition) is 0. The van der Waals surface area contributed by atoms with E-state index in [1.54, 1.807) is 43.1 Å². The Morgan fingerprint density at radius 1 is 0.611 bits per heavy atom. The van der Waals surface area contributed by atoms with Gasteiger partial charge in [0.25, 0.3) is 0 Å². The van der Waals surface area contributed by atoms with Crippen molar-refractivity contribution in [3.63, 3.8) is 0 Å². The van der Waals surface area contributed by atoms with E-state index in [2.05, 4.69) is 34.6 Å². The van der Waals surface area contributed by atoms with Gasteiger partial charge in [-0.15, -0.1) is 0 Å². The Hall–Kier alpha value is 1.33. The minimum absolute atomic E-state index is 0.328. The first-order valence-corrected chi connectivity index (χ1v) is 21.9. The van der Waals surface area contributed by atoms with Crippen molar-refractivity contribution in [2.75, 3.05) is 0 Å². The van der Waals surface area contributed by atoms with Gasteiger partial charge < -0.3 is 0 Å². The summed E-state index contributed by atoms with van der Waals surface area (Å²) in [6.07, 6.45) is 9.00. The normalized spacial score (nSPS) is 11.8. The molecule has 0 aliphatic heterocycles. The summed E-state index contributed by atoms with van der Waals surface area (Å²) >= 11 is -1.70. The van der Waals surface area contributed by atoms with Crippen LogP contribution in [0, 0.1) is 0 Å². The molecular weight excluding hydrogens is 338 g/mol. The molecule has 0 saturated heterocycles. The molecule has 0 aromatic heterocycles. The Kier molecular flexibility index (Phi) is 13.0. The van der Waals surface area contributed by atoms with E-state index < -0.39 is 16.1 Å². The molecule has 0 aromatic carbocycles. The van der Waals surface area contributed by atoms with Crippen LogP contribution in [-0.2, 0) is 0 Å². The molecule has 0 radical (unpaired) electrons. The van der Waals surface area contributed by atoms with Crippen molar-refractivity contribution in [2.24, 2.45) is 0 Å². The molecule has 0 saturated carbocycles. The SMILES string of the molecule is CCC[CH2][Sn]([CH2]CCC)([CH2]CCC)[Al]([CH2]C)[CH2]C. The van der Waals surface area contributed by atoms with Crippen molar-refractivity contribution in [1.29, 1.82) is 0 Å². The van der Waals surface area contributed by atoms with Crippen LogP contribution in [0.3, 0.4) is 0 Å². The molecule has 0 unspecified atom stereocenters. The van der Waals surface area contributed by atoms with Crippen molar-refractivity contribution < 1.29 is 0 Å². The fourth-order valence-electron chi connectivity index (χ4n) is 3.73. The molecule has 0 atom stereocenters. The summed E-state index contributed by atoms with van der Waals surface area (Å²) in [4.78, 5) is 0. The molecule has 0 N–H and O–H groups in total. The van der Waals surface area contributed by atoms with Crippen LogP contribution in [0.2, 0.25) is 23.9 Å². The molecule has 0 amide bonds. The van der Waals surface area contributed by atoms with Gasteiger partial charge >= 0.3 is 124 Å². The first-order chi connectivity index (χ1) is 8.70. The second-order valence-electron chi connectivity index (χ2n) is 6.19. The van der Waals surface area contributed by atoms with Crippen molar-refractivity contribution in [2.45, 2.75) is 97.0 Å². The molecule has 0 nitrogen and oxygen atoms in total. The second-order valence-corrected chi connectivity index (χ2v) is 36.5. The topological polar surface area (TPSA) is 0 Å². The zero-order valence-corrected chi connectivity index (χ0v) is 17.9. The molecule has 0 bridgehead atoms. The quantitative estimate of drug-likeness (QED) is 0.344. The van der Waals surface area contributed by atoms with Gasteiger partial charge in [0.15, 0.2) is 0 Å². The van der Waals surface area contributed by atoms with E-state index >= 15 is 0 Å². The van der Waals surface area contributed by atoms with Crippen LogP contribution in [0.1, 0.15) is 73.1 Å². The van der Waals surface area contributed by atoms with Gasteiger partial charge in [-0.05, 0) is 0 Å².